The average Bonchev–Trinajstić information content (AvgIpc) is 1.99. The Morgan fingerprint density at radius 2 is 1.73 bits per heavy atom. The molecule has 0 fully saturated rings. The number of rotatable bonds is 1. The van der Waals surface area contributed by atoms with Crippen LogP contribution in [0.5, 0.6) is 0 Å². The van der Waals surface area contributed by atoms with Gasteiger partial charge in [0.2, 0.25) is 0 Å². The second-order valence-corrected chi connectivity index (χ2v) is 5.69. The summed E-state index contributed by atoms with van der Waals surface area (Å²) in [6, 6.07) is 0. The Hall–Kier alpha value is -0.420. The number of pyridine rings is 1. The predicted molar refractivity (Wildman–Crippen MR) is 64.8 cm³/mol. The molecule has 0 spiro atoms. The van der Waals surface area contributed by atoms with Gasteiger partial charge in [-0.15, -0.1) is 0 Å². The molecule has 1 aromatic heterocycles. The third kappa shape index (κ3) is 3.57. The molecule has 0 aliphatic carbocycles. The Kier molecular flexibility index (Phi) is 3.89. The molecule has 0 saturated carbocycles. The first-order chi connectivity index (χ1) is 6.81. The summed E-state index contributed by atoms with van der Waals surface area (Å²) < 4.78 is 6.49. The summed E-state index contributed by atoms with van der Waals surface area (Å²) in [5, 5.41) is 0. The van der Waals surface area contributed by atoms with Gasteiger partial charge in [-0.3, -0.25) is 4.98 Å². The van der Waals surface area contributed by atoms with E-state index in [9.17, 15) is 4.79 Å². The summed E-state index contributed by atoms with van der Waals surface area (Å²) >= 11 is 6.52. The smallest absolute Gasteiger partial charge is 0.341 e. The quantitative estimate of drug-likeness (QED) is 0.736. The fourth-order valence-electron chi connectivity index (χ4n) is 0.935. The first kappa shape index (κ1) is 12.6. The fraction of sp³-hybridized carbons (Fsp3) is 0.400. The number of carbonyl (C=O) groups is 1. The molecule has 0 radical (unpaired) electrons. The Balaban J connectivity index is 3.02. The number of aromatic nitrogens is 1. The number of esters is 1. The predicted octanol–water partition coefficient (Wildman–Crippen LogP) is 3.56. The topological polar surface area (TPSA) is 39.2 Å². The van der Waals surface area contributed by atoms with E-state index < -0.39 is 5.60 Å². The summed E-state index contributed by atoms with van der Waals surface area (Å²) in [7, 11) is 0. The third-order valence-electron chi connectivity index (χ3n) is 1.46. The molecule has 1 heterocycles. The van der Waals surface area contributed by atoms with Crippen LogP contribution in [-0.2, 0) is 4.74 Å². The summed E-state index contributed by atoms with van der Waals surface area (Å²) in [5.41, 5.74) is -0.0425. The van der Waals surface area contributed by atoms with E-state index in [4.69, 9.17) is 4.74 Å². The van der Waals surface area contributed by atoms with E-state index in [-0.39, 0.29) is 5.97 Å². The van der Waals surface area contributed by atoms with E-state index in [0.29, 0.717) is 14.5 Å². The number of halogens is 2. The van der Waals surface area contributed by atoms with E-state index in [1.807, 2.05) is 20.8 Å². The molecule has 0 atom stereocenters. The van der Waals surface area contributed by atoms with Gasteiger partial charge in [0.25, 0.3) is 0 Å². The average molecular weight is 337 g/mol. The number of hydrogen-bond acceptors (Lipinski definition) is 3. The molecule has 1 rings (SSSR count). The molecule has 0 bridgehead atoms. The van der Waals surface area contributed by atoms with Gasteiger partial charge in [-0.2, -0.15) is 0 Å². The fourth-order valence-corrected chi connectivity index (χ4v) is 2.19. The van der Waals surface area contributed by atoms with E-state index in [0.717, 1.165) is 0 Å². The molecule has 5 heteroatoms. The SMILES string of the molecule is CC(C)(C)OC(=O)c1c(Br)cncc1Br. The number of hydrogen-bond donors (Lipinski definition) is 0. The van der Waals surface area contributed by atoms with E-state index in [1.165, 1.54) is 0 Å². The molecule has 15 heavy (non-hydrogen) atoms. The maximum absolute atomic E-state index is 11.8. The van der Waals surface area contributed by atoms with Crippen LogP contribution in [0.15, 0.2) is 21.3 Å². The van der Waals surface area contributed by atoms with Crippen LogP contribution in [0.1, 0.15) is 31.1 Å². The highest BCUT2D eigenvalue weighted by Crippen LogP contribution is 2.26. The van der Waals surface area contributed by atoms with E-state index >= 15 is 0 Å². The lowest BCUT2D eigenvalue weighted by Gasteiger charge is -2.20. The lowest BCUT2D eigenvalue weighted by Crippen LogP contribution is -2.24. The van der Waals surface area contributed by atoms with Gasteiger partial charge in [0.05, 0.1) is 14.5 Å². The standard InChI is InChI=1S/C10H11Br2NO2/c1-10(2,3)15-9(14)8-6(11)4-13-5-7(8)12/h4-5H,1-3H3. The van der Waals surface area contributed by atoms with Gasteiger partial charge in [0.15, 0.2) is 0 Å². The molecule has 0 aliphatic rings. The van der Waals surface area contributed by atoms with Gasteiger partial charge in [-0.25, -0.2) is 4.79 Å². The summed E-state index contributed by atoms with van der Waals surface area (Å²) in [4.78, 5) is 15.7. The van der Waals surface area contributed by atoms with Crippen molar-refractivity contribution in [3.63, 3.8) is 0 Å². The van der Waals surface area contributed by atoms with Crippen LogP contribution in [0.4, 0.5) is 0 Å². The first-order valence-corrected chi connectivity index (χ1v) is 5.92. The second-order valence-electron chi connectivity index (χ2n) is 3.98. The lowest BCUT2D eigenvalue weighted by atomic mass is 10.2. The first-order valence-electron chi connectivity index (χ1n) is 4.33. The van der Waals surface area contributed by atoms with Crippen molar-refractivity contribution in [2.75, 3.05) is 0 Å². The monoisotopic (exact) mass is 335 g/mol. The molecule has 0 N–H and O–H groups in total. The highest BCUT2D eigenvalue weighted by Gasteiger charge is 2.21. The maximum atomic E-state index is 11.8. The number of ether oxygens (including phenoxy) is 1. The molecule has 0 aromatic carbocycles. The van der Waals surface area contributed by atoms with Gasteiger partial charge in [0, 0.05) is 12.4 Å². The zero-order chi connectivity index (χ0) is 11.6. The van der Waals surface area contributed by atoms with Crippen molar-refractivity contribution in [3.8, 4) is 0 Å². The molecule has 82 valence electrons. The van der Waals surface area contributed by atoms with Crippen molar-refractivity contribution in [1.29, 1.82) is 0 Å². The Morgan fingerprint density at radius 3 is 2.13 bits per heavy atom. The van der Waals surface area contributed by atoms with Crippen LogP contribution in [0.3, 0.4) is 0 Å². The van der Waals surface area contributed by atoms with Crippen LogP contribution in [0, 0.1) is 0 Å². The number of carbonyl (C=O) groups excluding carboxylic acids is 1. The molecule has 0 saturated heterocycles. The van der Waals surface area contributed by atoms with Crippen LogP contribution in [0.2, 0.25) is 0 Å². The summed E-state index contributed by atoms with van der Waals surface area (Å²) in [5.74, 6) is -0.372. The van der Waals surface area contributed by atoms with Crippen molar-refractivity contribution in [2.45, 2.75) is 26.4 Å². The van der Waals surface area contributed by atoms with Crippen LogP contribution in [0.25, 0.3) is 0 Å². The summed E-state index contributed by atoms with van der Waals surface area (Å²) in [6.45, 7) is 5.48. The molecular formula is C10H11Br2NO2. The largest absolute Gasteiger partial charge is 0.456 e. The van der Waals surface area contributed by atoms with Crippen LogP contribution >= 0.6 is 31.9 Å². The Bertz CT molecular complexity index is 365. The zero-order valence-corrected chi connectivity index (χ0v) is 11.8. The maximum Gasteiger partial charge on any atom is 0.341 e. The molecule has 0 unspecified atom stereocenters. The van der Waals surface area contributed by atoms with E-state index in [1.54, 1.807) is 12.4 Å². The molecular weight excluding hydrogens is 326 g/mol. The zero-order valence-electron chi connectivity index (χ0n) is 8.67. The Morgan fingerprint density at radius 1 is 1.27 bits per heavy atom. The van der Waals surface area contributed by atoms with Crippen molar-refractivity contribution in [2.24, 2.45) is 0 Å². The van der Waals surface area contributed by atoms with Gasteiger partial charge in [-0.05, 0) is 52.6 Å². The van der Waals surface area contributed by atoms with Gasteiger partial charge >= 0.3 is 5.97 Å². The minimum absolute atomic E-state index is 0.372. The van der Waals surface area contributed by atoms with Crippen molar-refractivity contribution < 1.29 is 9.53 Å². The van der Waals surface area contributed by atoms with Gasteiger partial charge in [0.1, 0.15) is 5.60 Å². The molecule has 1 aromatic rings. The second kappa shape index (κ2) is 4.61. The van der Waals surface area contributed by atoms with Gasteiger partial charge in [-0.1, -0.05) is 0 Å². The minimum atomic E-state index is -0.501. The minimum Gasteiger partial charge on any atom is -0.456 e. The molecule has 3 nitrogen and oxygen atoms in total. The molecule has 0 amide bonds. The number of nitrogens with zero attached hydrogens (tertiary/aromatic N) is 1. The van der Waals surface area contributed by atoms with Crippen molar-refractivity contribution in [1.82, 2.24) is 4.98 Å². The van der Waals surface area contributed by atoms with Gasteiger partial charge < -0.3 is 4.74 Å². The highest BCUT2D eigenvalue weighted by molar-refractivity contribution is 9.11. The summed E-state index contributed by atoms with van der Waals surface area (Å²) in [6.07, 6.45) is 3.12. The van der Waals surface area contributed by atoms with Crippen molar-refractivity contribution >= 4 is 37.8 Å². The normalized spacial score (nSPS) is 11.3. The Labute approximate surface area is 105 Å². The van der Waals surface area contributed by atoms with Crippen molar-refractivity contribution in [3.05, 3.63) is 26.9 Å². The lowest BCUT2D eigenvalue weighted by molar-refractivity contribution is 0.00673. The third-order valence-corrected chi connectivity index (χ3v) is 2.66. The highest BCUT2D eigenvalue weighted by atomic mass is 79.9. The van der Waals surface area contributed by atoms with Crippen LogP contribution in [-0.4, -0.2) is 16.6 Å². The van der Waals surface area contributed by atoms with Crippen LogP contribution < -0.4 is 0 Å². The van der Waals surface area contributed by atoms with E-state index in [2.05, 4.69) is 36.8 Å². The molecule has 0 aliphatic heterocycles.